The summed E-state index contributed by atoms with van der Waals surface area (Å²) < 4.78 is 8.06. The number of tetrazole rings is 1. The van der Waals surface area contributed by atoms with Crippen molar-refractivity contribution in [1.29, 1.82) is 0 Å². The SMILES string of the molecule is Cc1oc(-c2cccs2)nc1C(=O)Nc1cc(Br)ccc1Sc1nnnn1C. The minimum atomic E-state index is -0.347. The van der Waals surface area contributed by atoms with Gasteiger partial charge in [0.2, 0.25) is 11.0 Å². The number of anilines is 1. The van der Waals surface area contributed by atoms with E-state index in [0.29, 0.717) is 22.5 Å². The molecule has 4 aromatic rings. The quantitative estimate of drug-likeness (QED) is 0.455. The Balaban J connectivity index is 1.61. The van der Waals surface area contributed by atoms with E-state index in [1.807, 2.05) is 35.7 Å². The maximum atomic E-state index is 12.9. The lowest BCUT2D eigenvalue weighted by atomic mass is 10.3. The summed E-state index contributed by atoms with van der Waals surface area (Å²) in [7, 11) is 1.75. The number of benzene rings is 1. The van der Waals surface area contributed by atoms with Gasteiger partial charge in [-0.15, -0.1) is 16.4 Å². The minimum Gasteiger partial charge on any atom is -0.440 e. The first-order chi connectivity index (χ1) is 13.5. The Morgan fingerprint density at radius 1 is 1.36 bits per heavy atom. The molecule has 0 bridgehead atoms. The number of nitrogens with zero attached hydrogens (tertiary/aromatic N) is 5. The van der Waals surface area contributed by atoms with Crippen molar-refractivity contribution in [2.45, 2.75) is 17.0 Å². The Bertz CT molecular complexity index is 1140. The Morgan fingerprint density at radius 2 is 2.21 bits per heavy atom. The second-order valence-electron chi connectivity index (χ2n) is 5.68. The van der Waals surface area contributed by atoms with Gasteiger partial charge in [-0.3, -0.25) is 4.79 Å². The first kappa shape index (κ1) is 18.8. The van der Waals surface area contributed by atoms with Crippen LogP contribution in [0.2, 0.25) is 0 Å². The van der Waals surface area contributed by atoms with Gasteiger partial charge in [0.15, 0.2) is 5.69 Å². The predicted molar refractivity (Wildman–Crippen MR) is 110 cm³/mol. The van der Waals surface area contributed by atoms with E-state index in [0.717, 1.165) is 14.2 Å². The third kappa shape index (κ3) is 3.86. The first-order valence-corrected chi connectivity index (χ1v) is 10.5. The molecule has 0 unspecified atom stereocenters. The molecule has 0 radical (unpaired) electrons. The molecule has 1 N–H and O–H groups in total. The largest absolute Gasteiger partial charge is 0.440 e. The highest BCUT2D eigenvalue weighted by atomic mass is 79.9. The molecule has 8 nitrogen and oxygen atoms in total. The monoisotopic (exact) mass is 476 g/mol. The minimum absolute atomic E-state index is 0.250. The number of rotatable bonds is 5. The molecule has 0 fully saturated rings. The normalized spacial score (nSPS) is 11.0. The predicted octanol–water partition coefficient (Wildman–Crippen LogP) is 4.40. The molecule has 0 spiro atoms. The molecule has 3 heterocycles. The lowest BCUT2D eigenvalue weighted by Gasteiger charge is -2.10. The van der Waals surface area contributed by atoms with Gasteiger partial charge in [-0.1, -0.05) is 22.0 Å². The Labute approximate surface area is 176 Å². The third-order valence-corrected chi connectivity index (χ3v) is 6.17. The number of halogens is 1. The van der Waals surface area contributed by atoms with Crippen LogP contribution in [0.25, 0.3) is 10.8 Å². The molecule has 3 aromatic heterocycles. The van der Waals surface area contributed by atoms with Crippen molar-refractivity contribution >= 4 is 50.6 Å². The van der Waals surface area contributed by atoms with Crippen LogP contribution in [0.4, 0.5) is 5.69 Å². The van der Waals surface area contributed by atoms with Gasteiger partial charge in [-0.2, -0.15) is 0 Å². The lowest BCUT2D eigenvalue weighted by Crippen LogP contribution is -2.14. The molecule has 0 aliphatic rings. The van der Waals surface area contributed by atoms with Crippen molar-refractivity contribution in [2.24, 2.45) is 7.05 Å². The van der Waals surface area contributed by atoms with Crippen molar-refractivity contribution in [3.63, 3.8) is 0 Å². The molecule has 0 aliphatic heterocycles. The number of aromatic nitrogens is 5. The summed E-state index contributed by atoms with van der Waals surface area (Å²) in [5, 5.41) is 16.9. The van der Waals surface area contributed by atoms with Crippen molar-refractivity contribution in [1.82, 2.24) is 25.2 Å². The summed E-state index contributed by atoms with van der Waals surface area (Å²) in [6.45, 7) is 1.72. The van der Waals surface area contributed by atoms with Crippen molar-refractivity contribution in [3.8, 4) is 10.8 Å². The molecule has 0 saturated carbocycles. The van der Waals surface area contributed by atoms with Gasteiger partial charge in [0, 0.05) is 16.4 Å². The van der Waals surface area contributed by atoms with Crippen LogP contribution in [0.3, 0.4) is 0 Å². The molecule has 0 atom stereocenters. The molecule has 142 valence electrons. The van der Waals surface area contributed by atoms with Gasteiger partial charge < -0.3 is 9.73 Å². The molecule has 1 amide bonds. The van der Waals surface area contributed by atoms with Crippen molar-refractivity contribution in [2.75, 3.05) is 5.32 Å². The Kier molecular flexibility index (Phi) is 5.29. The zero-order chi connectivity index (χ0) is 19.7. The maximum Gasteiger partial charge on any atom is 0.277 e. The van der Waals surface area contributed by atoms with Gasteiger partial charge >= 0.3 is 0 Å². The summed E-state index contributed by atoms with van der Waals surface area (Å²) in [6, 6.07) is 9.39. The molecular weight excluding hydrogens is 464 g/mol. The van der Waals surface area contributed by atoms with E-state index < -0.39 is 0 Å². The van der Waals surface area contributed by atoms with Gasteiger partial charge in [0.25, 0.3) is 5.91 Å². The lowest BCUT2D eigenvalue weighted by molar-refractivity contribution is 0.102. The van der Waals surface area contributed by atoms with E-state index >= 15 is 0 Å². The number of thiophene rings is 1. The fraction of sp³-hybridized carbons (Fsp3) is 0.118. The molecule has 4 rings (SSSR count). The van der Waals surface area contributed by atoms with Gasteiger partial charge in [0.1, 0.15) is 5.76 Å². The van der Waals surface area contributed by atoms with Crippen molar-refractivity contribution in [3.05, 3.63) is 51.6 Å². The summed E-state index contributed by atoms with van der Waals surface area (Å²) in [5.74, 6) is 0.550. The smallest absolute Gasteiger partial charge is 0.277 e. The van der Waals surface area contributed by atoms with Crippen LogP contribution in [0.1, 0.15) is 16.2 Å². The van der Waals surface area contributed by atoms with E-state index in [4.69, 9.17) is 4.42 Å². The summed E-state index contributed by atoms with van der Waals surface area (Å²) >= 11 is 6.29. The standard InChI is InChI=1S/C17H13BrN6O2S2/c1-9-14(20-16(26-9)13-4-3-7-27-13)15(25)19-11-8-10(18)5-6-12(11)28-17-21-22-23-24(17)2/h3-8H,1-2H3,(H,19,25). The molecule has 28 heavy (non-hydrogen) atoms. The van der Waals surface area contributed by atoms with E-state index in [1.165, 1.54) is 23.1 Å². The maximum absolute atomic E-state index is 12.9. The second kappa shape index (κ2) is 7.86. The zero-order valence-electron chi connectivity index (χ0n) is 14.7. The molecule has 1 aromatic carbocycles. The number of carbonyl (C=O) groups excluding carboxylic acids is 1. The number of carbonyl (C=O) groups is 1. The molecule has 0 saturated heterocycles. The van der Waals surface area contributed by atoms with Crippen LogP contribution in [-0.4, -0.2) is 31.1 Å². The average Bonchev–Trinajstić information content (AvgIpc) is 3.39. The molecule has 11 heteroatoms. The number of oxazole rings is 1. The Hall–Kier alpha value is -2.50. The van der Waals surface area contributed by atoms with Crippen LogP contribution in [0.5, 0.6) is 0 Å². The first-order valence-electron chi connectivity index (χ1n) is 8.03. The van der Waals surface area contributed by atoms with Gasteiger partial charge in [-0.25, -0.2) is 9.67 Å². The molecular formula is C17H13BrN6O2S2. The van der Waals surface area contributed by atoms with Gasteiger partial charge in [-0.05, 0) is 58.8 Å². The highest BCUT2D eigenvalue weighted by molar-refractivity contribution is 9.10. The topological polar surface area (TPSA) is 98.7 Å². The van der Waals surface area contributed by atoms with Crippen LogP contribution in [-0.2, 0) is 7.05 Å². The number of hydrogen-bond acceptors (Lipinski definition) is 8. The summed E-state index contributed by atoms with van der Waals surface area (Å²) in [4.78, 5) is 18.9. The fourth-order valence-electron chi connectivity index (χ4n) is 2.39. The summed E-state index contributed by atoms with van der Waals surface area (Å²) in [5.41, 5.74) is 0.868. The van der Waals surface area contributed by atoms with Crippen molar-refractivity contribution < 1.29 is 9.21 Å². The van der Waals surface area contributed by atoms with Crippen LogP contribution < -0.4 is 5.32 Å². The fourth-order valence-corrected chi connectivity index (χ4v) is 4.20. The number of amides is 1. The van der Waals surface area contributed by atoms with Gasteiger partial charge in [0.05, 0.1) is 10.6 Å². The Morgan fingerprint density at radius 3 is 2.93 bits per heavy atom. The van der Waals surface area contributed by atoms with E-state index in [-0.39, 0.29) is 11.6 Å². The third-order valence-electron chi connectivity index (χ3n) is 3.72. The highest BCUT2D eigenvalue weighted by Crippen LogP contribution is 2.34. The van der Waals surface area contributed by atoms with E-state index in [1.54, 1.807) is 18.7 Å². The van der Waals surface area contributed by atoms with E-state index in [2.05, 4.69) is 41.8 Å². The van der Waals surface area contributed by atoms with E-state index in [9.17, 15) is 4.79 Å². The number of hydrogen-bond donors (Lipinski definition) is 1. The van der Waals surface area contributed by atoms with Crippen LogP contribution >= 0.6 is 39.0 Å². The number of nitrogens with one attached hydrogen (secondary N) is 1. The van der Waals surface area contributed by atoms with Crippen LogP contribution in [0, 0.1) is 6.92 Å². The average molecular weight is 477 g/mol. The van der Waals surface area contributed by atoms with Crippen LogP contribution in [0.15, 0.2) is 54.7 Å². The highest BCUT2D eigenvalue weighted by Gasteiger charge is 2.20. The number of aryl methyl sites for hydroxylation is 2. The summed E-state index contributed by atoms with van der Waals surface area (Å²) in [6.07, 6.45) is 0. The molecule has 0 aliphatic carbocycles. The zero-order valence-corrected chi connectivity index (χ0v) is 17.9. The second-order valence-corrected chi connectivity index (χ2v) is 8.56.